The molecule has 1 aliphatic rings. The Morgan fingerprint density at radius 1 is 1.15 bits per heavy atom. The van der Waals surface area contributed by atoms with Gasteiger partial charge in [0.25, 0.3) is 5.91 Å². The first-order valence-corrected chi connectivity index (χ1v) is 14.2. The normalized spacial score (nSPS) is 15.5. The largest absolute Gasteiger partial charge is 0.336 e. The summed E-state index contributed by atoms with van der Waals surface area (Å²) in [5.41, 5.74) is 7.89. The Labute approximate surface area is 240 Å². The summed E-state index contributed by atoms with van der Waals surface area (Å²) in [6, 6.07) is 16.9. The van der Waals surface area contributed by atoms with Gasteiger partial charge in [-0.15, -0.1) is 0 Å². The summed E-state index contributed by atoms with van der Waals surface area (Å²) in [4.78, 5) is 30.0. The van der Waals surface area contributed by atoms with Crippen LogP contribution in [-0.4, -0.2) is 73.6 Å². The van der Waals surface area contributed by atoms with E-state index in [1.165, 1.54) is 16.7 Å². The SMILES string of the molecule is CCNCc1cncc(-c2ccc3[nH]nc(-c4ncc(C(=O)N(C)C5CCN(Cc6ccccc6)C5)[nH]4)c3c2)c1C. The van der Waals surface area contributed by atoms with Crippen molar-refractivity contribution in [1.82, 2.24) is 40.3 Å². The molecule has 3 aromatic heterocycles. The Morgan fingerprint density at radius 2 is 2.00 bits per heavy atom. The lowest BCUT2D eigenvalue weighted by Gasteiger charge is -2.24. The number of carbonyl (C=O) groups is 1. The van der Waals surface area contributed by atoms with Crippen LogP contribution in [0.2, 0.25) is 0 Å². The van der Waals surface area contributed by atoms with E-state index in [1.54, 1.807) is 6.20 Å². The van der Waals surface area contributed by atoms with Crippen LogP contribution in [-0.2, 0) is 13.1 Å². The molecule has 2 aromatic carbocycles. The molecule has 1 saturated heterocycles. The highest BCUT2D eigenvalue weighted by Gasteiger charge is 2.30. The summed E-state index contributed by atoms with van der Waals surface area (Å²) in [5.74, 6) is 0.507. The van der Waals surface area contributed by atoms with Gasteiger partial charge in [-0.1, -0.05) is 43.3 Å². The first-order chi connectivity index (χ1) is 20.0. The minimum Gasteiger partial charge on any atom is -0.336 e. The third-order valence-electron chi connectivity index (χ3n) is 8.15. The Bertz CT molecular complexity index is 1660. The van der Waals surface area contributed by atoms with Gasteiger partial charge in [0.15, 0.2) is 5.82 Å². The monoisotopic (exact) mass is 548 g/mol. The molecule has 1 aliphatic heterocycles. The van der Waals surface area contributed by atoms with Crippen LogP contribution in [0.3, 0.4) is 0 Å². The second kappa shape index (κ2) is 11.6. The van der Waals surface area contributed by atoms with Gasteiger partial charge in [-0.3, -0.25) is 19.8 Å². The Hall–Kier alpha value is -4.34. The zero-order valence-corrected chi connectivity index (χ0v) is 23.8. The van der Waals surface area contributed by atoms with Crippen molar-refractivity contribution >= 4 is 16.8 Å². The van der Waals surface area contributed by atoms with E-state index in [4.69, 9.17) is 0 Å². The molecular weight excluding hydrogens is 512 g/mol. The predicted molar refractivity (Wildman–Crippen MR) is 161 cm³/mol. The molecule has 0 saturated carbocycles. The number of likely N-dealkylation sites (tertiary alicyclic amines) is 1. The van der Waals surface area contributed by atoms with Crippen LogP contribution in [0.15, 0.2) is 67.1 Å². The Morgan fingerprint density at radius 3 is 2.83 bits per heavy atom. The highest BCUT2D eigenvalue weighted by Crippen LogP contribution is 2.31. The van der Waals surface area contributed by atoms with E-state index in [0.717, 1.165) is 61.2 Å². The third-order valence-corrected chi connectivity index (χ3v) is 8.15. The maximum atomic E-state index is 13.4. The molecule has 9 heteroatoms. The van der Waals surface area contributed by atoms with Crippen molar-refractivity contribution in [2.45, 2.75) is 39.4 Å². The smallest absolute Gasteiger partial charge is 0.271 e. The van der Waals surface area contributed by atoms with Gasteiger partial charge < -0.3 is 15.2 Å². The zero-order chi connectivity index (χ0) is 28.3. The number of pyridine rings is 1. The molecule has 41 heavy (non-hydrogen) atoms. The van der Waals surface area contributed by atoms with Crippen LogP contribution < -0.4 is 5.32 Å². The molecule has 9 nitrogen and oxygen atoms in total. The Kier molecular flexibility index (Phi) is 7.63. The second-order valence-electron chi connectivity index (χ2n) is 10.8. The number of rotatable bonds is 9. The van der Waals surface area contributed by atoms with Gasteiger partial charge in [0.1, 0.15) is 11.4 Å². The molecule has 3 N–H and O–H groups in total. The number of hydrogen-bond donors (Lipinski definition) is 3. The average Bonchev–Trinajstić information content (AvgIpc) is 3.76. The number of likely N-dealkylation sites (N-methyl/N-ethyl adjacent to an activating group) is 1. The fraction of sp³-hybridized carbons (Fsp3) is 0.312. The number of aromatic amines is 2. The lowest BCUT2D eigenvalue weighted by molar-refractivity contribution is 0.0729. The molecule has 6 rings (SSSR count). The summed E-state index contributed by atoms with van der Waals surface area (Å²) < 4.78 is 0. The standard InChI is InChI=1S/C32H36N8O/c1-4-33-15-24-16-34-17-27(21(24)2)23-10-11-28-26(14-23)30(38-37-28)31-35-18-29(36-31)32(41)39(3)25-12-13-40(20-25)19-22-8-6-5-7-9-22/h5-11,14,16-18,25,33H,4,12-13,15,19-20H2,1-3H3,(H,35,36)(H,37,38). The fourth-order valence-corrected chi connectivity index (χ4v) is 5.68. The van der Waals surface area contributed by atoms with E-state index in [0.29, 0.717) is 17.2 Å². The number of nitrogens with one attached hydrogen (secondary N) is 3. The minimum atomic E-state index is -0.0601. The molecule has 0 aliphatic carbocycles. The number of benzene rings is 2. The van der Waals surface area contributed by atoms with Crippen molar-refractivity contribution in [1.29, 1.82) is 0 Å². The maximum absolute atomic E-state index is 13.4. The van der Waals surface area contributed by atoms with Crippen molar-refractivity contribution in [3.05, 3.63) is 89.5 Å². The molecule has 1 fully saturated rings. The van der Waals surface area contributed by atoms with E-state index < -0.39 is 0 Å². The van der Waals surface area contributed by atoms with E-state index in [9.17, 15) is 4.79 Å². The molecule has 0 radical (unpaired) electrons. The van der Waals surface area contributed by atoms with Gasteiger partial charge >= 0.3 is 0 Å². The summed E-state index contributed by atoms with van der Waals surface area (Å²) in [6.07, 6.45) is 6.41. The van der Waals surface area contributed by atoms with Crippen LogP contribution in [0.25, 0.3) is 33.5 Å². The van der Waals surface area contributed by atoms with Crippen LogP contribution in [0.5, 0.6) is 0 Å². The van der Waals surface area contributed by atoms with Crippen molar-refractivity contribution in [2.24, 2.45) is 0 Å². The Balaban J connectivity index is 1.20. The number of carbonyl (C=O) groups excluding carboxylic acids is 1. The summed E-state index contributed by atoms with van der Waals surface area (Å²) >= 11 is 0. The van der Waals surface area contributed by atoms with Gasteiger partial charge in [-0.25, -0.2) is 4.98 Å². The lowest BCUT2D eigenvalue weighted by atomic mass is 9.98. The number of H-pyrrole nitrogens is 2. The quantitative estimate of drug-likeness (QED) is 0.245. The number of aromatic nitrogens is 5. The molecule has 4 heterocycles. The topological polar surface area (TPSA) is 106 Å². The van der Waals surface area contributed by atoms with Crippen molar-refractivity contribution in [2.75, 3.05) is 26.7 Å². The van der Waals surface area contributed by atoms with E-state index in [1.807, 2.05) is 36.5 Å². The highest BCUT2D eigenvalue weighted by atomic mass is 16.2. The van der Waals surface area contributed by atoms with Crippen LogP contribution in [0.4, 0.5) is 0 Å². The summed E-state index contributed by atoms with van der Waals surface area (Å²) in [5, 5.41) is 12.0. The van der Waals surface area contributed by atoms with Gasteiger partial charge in [0.2, 0.25) is 0 Å². The average molecular weight is 549 g/mol. The van der Waals surface area contributed by atoms with E-state index in [-0.39, 0.29) is 11.9 Å². The van der Waals surface area contributed by atoms with Crippen LogP contribution in [0, 0.1) is 6.92 Å². The molecule has 5 aromatic rings. The third kappa shape index (κ3) is 5.51. The molecule has 210 valence electrons. The van der Waals surface area contributed by atoms with Gasteiger partial charge in [0, 0.05) is 62.6 Å². The minimum absolute atomic E-state index is 0.0601. The number of nitrogens with zero attached hydrogens (tertiary/aromatic N) is 5. The van der Waals surface area contributed by atoms with Crippen molar-refractivity contribution in [3.8, 4) is 22.6 Å². The lowest BCUT2D eigenvalue weighted by Crippen LogP contribution is -2.39. The fourth-order valence-electron chi connectivity index (χ4n) is 5.68. The van der Waals surface area contributed by atoms with Gasteiger partial charge in [-0.2, -0.15) is 5.10 Å². The highest BCUT2D eigenvalue weighted by molar-refractivity contribution is 5.96. The number of amides is 1. The number of fused-ring (bicyclic) bond motifs is 1. The number of hydrogen-bond acceptors (Lipinski definition) is 6. The van der Waals surface area contributed by atoms with E-state index >= 15 is 0 Å². The zero-order valence-electron chi connectivity index (χ0n) is 23.8. The van der Waals surface area contributed by atoms with Crippen molar-refractivity contribution < 1.29 is 4.79 Å². The second-order valence-corrected chi connectivity index (χ2v) is 10.8. The van der Waals surface area contributed by atoms with Crippen LogP contribution in [0.1, 0.15) is 40.5 Å². The first kappa shape index (κ1) is 26.9. The summed E-state index contributed by atoms with van der Waals surface area (Å²) in [7, 11) is 1.89. The molecule has 0 spiro atoms. The van der Waals surface area contributed by atoms with Crippen LogP contribution >= 0.6 is 0 Å². The molecule has 1 unspecified atom stereocenters. The predicted octanol–water partition coefficient (Wildman–Crippen LogP) is 4.78. The van der Waals surface area contributed by atoms with Gasteiger partial charge in [0.05, 0.1) is 11.7 Å². The molecule has 1 amide bonds. The molecular formula is C32H36N8O. The first-order valence-electron chi connectivity index (χ1n) is 14.2. The molecule has 1 atom stereocenters. The number of imidazole rings is 1. The van der Waals surface area contributed by atoms with Crippen molar-refractivity contribution in [3.63, 3.8) is 0 Å². The maximum Gasteiger partial charge on any atom is 0.271 e. The van der Waals surface area contributed by atoms with E-state index in [2.05, 4.69) is 85.6 Å². The molecule has 0 bridgehead atoms. The van der Waals surface area contributed by atoms with Gasteiger partial charge in [-0.05, 0) is 54.3 Å². The summed E-state index contributed by atoms with van der Waals surface area (Å²) in [6.45, 7) is 8.65.